The highest BCUT2D eigenvalue weighted by molar-refractivity contribution is 5.96. The zero-order chi connectivity index (χ0) is 15.5. The van der Waals surface area contributed by atoms with Crippen molar-refractivity contribution >= 4 is 17.5 Å². The maximum Gasteiger partial charge on any atom is 0.227 e. The molecule has 1 saturated heterocycles. The lowest BCUT2D eigenvalue weighted by atomic mass is 10.0. The van der Waals surface area contributed by atoms with Gasteiger partial charge in [-0.2, -0.15) is 0 Å². The Kier molecular flexibility index (Phi) is 4.43. The molecule has 22 heavy (non-hydrogen) atoms. The van der Waals surface area contributed by atoms with Crippen molar-refractivity contribution in [2.45, 2.75) is 38.1 Å². The van der Waals surface area contributed by atoms with E-state index in [0.29, 0.717) is 32.4 Å². The molecule has 2 aliphatic heterocycles. The second-order valence-corrected chi connectivity index (χ2v) is 6.17. The number of amides is 2. The highest BCUT2D eigenvalue weighted by Crippen LogP contribution is 2.27. The van der Waals surface area contributed by atoms with Gasteiger partial charge in [0.05, 0.1) is 0 Å². The summed E-state index contributed by atoms with van der Waals surface area (Å²) in [5, 5.41) is 0. The van der Waals surface area contributed by atoms with E-state index >= 15 is 0 Å². The van der Waals surface area contributed by atoms with Crippen LogP contribution in [0.3, 0.4) is 0 Å². The largest absolute Gasteiger partial charge is 0.341 e. The van der Waals surface area contributed by atoms with Gasteiger partial charge in [0.1, 0.15) is 0 Å². The fourth-order valence-corrected chi connectivity index (χ4v) is 3.30. The summed E-state index contributed by atoms with van der Waals surface area (Å²) in [6, 6.07) is 8.16. The summed E-state index contributed by atoms with van der Waals surface area (Å²) >= 11 is 0. The van der Waals surface area contributed by atoms with E-state index in [1.807, 2.05) is 28.0 Å². The van der Waals surface area contributed by atoms with Gasteiger partial charge in [-0.05, 0) is 30.9 Å². The number of hydrogen-bond donors (Lipinski definition) is 1. The summed E-state index contributed by atoms with van der Waals surface area (Å²) in [5.41, 5.74) is 8.06. The monoisotopic (exact) mass is 301 g/mol. The van der Waals surface area contributed by atoms with Crippen molar-refractivity contribution in [3.05, 3.63) is 29.8 Å². The van der Waals surface area contributed by atoms with Crippen molar-refractivity contribution in [2.24, 2.45) is 5.73 Å². The van der Waals surface area contributed by atoms with Crippen LogP contribution in [0, 0.1) is 0 Å². The van der Waals surface area contributed by atoms with Gasteiger partial charge in [-0.3, -0.25) is 9.59 Å². The van der Waals surface area contributed by atoms with Crippen molar-refractivity contribution < 1.29 is 9.59 Å². The number of para-hydroxylation sites is 1. The summed E-state index contributed by atoms with van der Waals surface area (Å²) < 4.78 is 0. The van der Waals surface area contributed by atoms with Gasteiger partial charge in [0.2, 0.25) is 11.8 Å². The first-order valence-corrected chi connectivity index (χ1v) is 8.07. The van der Waals surface area contributed by atoms with Crippen LogP contribution in [0.2, 0.25) is 0 Å². The molecule has 5 heteroatoms. The molecule has 2 aliphatic rings. The van der Waals surface area contributed by atoms with Gasteiger partial charge >= 0.3 is 0 Å². The van der Waals surface area contributed by atoms with E-state index in [1.165, 1.54) is 5.56 Å². The highest BCUT2D eigenvalue weighted by Gasteiger charge is 2.25. The van der Waals surface area contributed by atoms with E-state index in [4.69, 9.17) is 5.73 Å². The van der Waals surface area contributed by atoms with E-state index in [2.05, 4.69) is 6.07 Å². The quantitative estimate of drug-likeness (QED) is 0.911. The molecule has 1 aromatic carbocycles. The summed E-state index contributed by atoms with van der Waals surface area (Å²) in [6.07, 6.45) is 3.45. The molecule has 1 fully saturated rings. The number of likely N-dealkylation sites (tertiary alicyclic amines) is 1. The average molecular weight is 301 g/mol. The molecule has 0 aliphatic carbocycles. The van der Waals surface area contributed by atoms with Crippen LogP contribution in [-0.4, -0.2) is 42.4 Å². The Morgan fingerprint density at radius 2 is 2.09 bits per heavy atom. The predicted octanol–water partition coefficient (Wildman–Crippen LogP) is 1.31. The van der Waals surface area contributed by atoms with E-state index in [9.17, 15) is 9.59 Å². The molecule has 0 bridgehead atoms. The van der Waals surface area contributed by atoms with Gasteiger partial charge in [-0.15, -0.1) is 0 Å². The Morgan fingerprint density at radius 3 is 2.86 bits per heavy atom. The van der Waals surface area contributed by atoms with Gasteiger partial charge in [0, 0.05) is 44.2 Å². The Labute approximate surface area is 131 Å². The van der Waals surface area contributed by atoms with Gasteiger partial charge in [0.25, 0.3) is 0 Å². The minimum absolute atomic E-state index is 0.125. The van der Waals surface area contributed by atoms with Gasteiger partial charge in [-0.25, -0.2) is 0 Å². The number of rotatable bonds is 4. The van der Waals surface area contributed by atoms with Crippen molar-refractivity contribution in [3.8, 4) is 0 Å². The van der Waals surface area contributed by atoms with Crippen LogP contribution in [0.15, 0.2) is 24.3 Å². The van der Waals surface area contributed by atoms with Gasteiger partial charge < -0.3 is 15.5 Å². The zero-order valence-corrected chi connectivity index (χ0v) is 12.8. The van der Waals surface area contributed by atoms with Crippen LogP contribution in [0.1, 0.15) is 31.2 Å². The maximum absolute atomic E-state index is 12.1. The lowest BCUT2D eigenvalue weighted by molar-refractivity contribution is -0.130. The number of nitrogens with two attached hydrogens (primary N) is 1. The minimum Gasteiger partial charge on any atom is -0.341 e. The topological polar surface area (TPSA) is 66.6 Å². The third-order valence-electron chi connectivity index (χ3n) is 4.54. The van der Waals surface area contributed by atoms with Crippen molar-refractivity contribution in [1.82, 2.24) is 4.90 Å². The molecule has 118 valence electrons. The minimum atomic E-state index is 0.125. The number of aryl methyl sites for hydroxylation is 1. The van der Waals surface area contributed by atoms with Crippen LogP contribution >= 0.6 is 0 Å². The van der Waals surface area contributed by atoms with Gasteiger partial charge in [0.15, 0.2) is 0 Å². The molecule has 0 radical (unpaired) electrons. The summed E-state index contributed by atoms with van der Waals surface area (Å²) in [5.74, 6) is 0.319. The SMILES string of the molecule is NC1CCN(C(=O)CCCN2C(=O)CCc3ccccc32)C1. The lowest BCUT2D eigenvalue weighted by Crippen LogP contribution is -2.37. The number of benzene rings is 1. The van der Waals surface area contributed by atoms with Crippen molar-refractivity contribution in [2.75, 3.05) is 24.5 Å². The second-order valence-electron chi connectivity index (χ2n) is 6.17. The molecule has 1 atom stereocenters. The van der Waals surface area contributed by atoms with E-state index in [1.54, 1.807) is 0 Å². The molecule has 2 N–H and O–H groups in total. The van der Waals surface area contributed by atoms with Crippen molar-refractivity contribution in [3.63, 3.8) is 0 Å². The smallest absolute Gasteiger partial charge is 0.227 e. The molecule has 0 aromatic heterocycles. The number of carbonyl (C=O) groups is 2. The first kappa shape index (κ1) is 15.0. The fraction of sp³-hybridized carbons (Fsp3) is 0.529. The molecule has 2 amide bonds. The zero-order valence-electron chi connectivity index (χ0n) is 12.8. The fourth-order valence-electron chi connectivity index (χ4n) is 3.30. The van der Waals surface area contributed by atoms with Crippen molar-refractivity contribution in [1.29, 1.82) is 0 Å². The second kappa shape index (κ2) is 6.48. The average Bonchev–Trinajstić information content (AvgIpc) is 2.96. The molecular weight excluding hydrogens is 278 g/mol. The van der Waals surface area contributed by atoms with E-state index in [-0.39, 0.29) is 17.9 Å². The normalized spacial score (nSPS) is 21.1. The molecule has 0 saturated carbocycles. The molecule has 1 unspecified atom stereocenters. The summed E-state index contributed by atoms with van der Waals surface area (Å²) in [6.45, 7) is 2.05. The van der Waals surface area contributed by atoms with Crippen LogP contribution < -0.4 is 10.6 Å². The third-order valence-corrected chi connectivity index (χ3v) is 4.54. The maximum atomic E-state index is 12.1. The number of nitrogens with zero attached hydrogens (tertiary/aromatic N) is 2. The molecular formula is C17H23N3O2. The van der Waals surface area contributed by atoms with E-state index < -0.39 is 0 Å². The molecule has 5 nitrogen and oxygen atoms in total. The Bertz CT molecular complexity index is 573. The number of hydrogen-bond acceptors (Lipinski definition) is 3. The number of fused-ring (bicyclic) bond motifs is 1. The Balaban J connectivity index is 1.55. The molecule has 3 rings (SSSR count). The van der Waals surface area contributed by atoms with Crippen LogP contribution in [0.25, 0.3) is 0 Å². The highest BCUT2D eigenvalue weighted by atomic mass is 16.2. The Hall–Kier alpha value is -1.88. The summed E-state index contributed by atoms with van der Waals surface area (Å²) in [7, 11) is 0. The van der Waals surface area contributed by atoms with Crippen LogP contribution in [-0.2, 0) is 16.0 Å². The predicted molar refractivity (Wildman–Crippen MR) is 85.5 cm³/mol. The molecule has 2 heterocycles. The summed E-state index contributed by atoms with van der Waals surface area (Å²) in [4.78, 5) is 28.0. The molecule has 0 spiro atoms. The molecule has 1 aromatic rings. The Morgan fingerprint density at radius 1 is 1.27 bits per heavy atom. The third kappa shape index (κ3) is 3.14. The van der Waals surface area contributed by atoms with E-state index in [0.717, 1.165) is 25.1 Å². The number of anilines is 1. The van der Waals surface area contributed by atoms with Crippen LogP contribution in [0.5, 0.6) is 0 Å². The van der Waals surface area contributed by atoms with Crippen LogP contribution in [0.4, 0.5) is 5.69 Å². The standard InChI is InChI=1S/C17H23N3O2/c18-14-9-11-19(12-14)16(21)6-3-10-20-15-5-2-1-4-13(15)7-8-17(20)22/h1-2,4-5,14H,3,6-12,18H2. The lowest BCUT2D eigenvalue weighted by Gasteiger charge is -2.29. The number of carbonyl (C=O) groups excluding carboxylic acids is 2. The first-order chi connectivity index (χ1) is 10.6. The van der Waals surface area contributed by atoms with Gasteiger partial charge in [-0.1, -0.05) is 18.2 Å². The first-order valence-electron chi connectivity index (χ1n) is 8.07.